The summed E-state index contributed by atoms with van der Waals surface area (Å²) in [6.07, 6.45) is -0.119. The van der Waals surface area contributed by atoms with E-state index in [1.807, 2.05) is 0 Å². The van der Waals surface area contributed by atoms with Crippen LogP contribution < -0.4 is 19.5 Å². The van der Waals surface area contributed by atoms with Gasteiger partial charge in [-0.25, -0.2) is 0 Å². The lowest BCUT2D eigenvalue weighted by atomic mass is 10.1. The number of hydrogen-bond acceptors (Lipinski definition) is 8. The Balaban J connectivity index is 1.59. The summed E-state index contributed by atoms with van der Waals surface area (Å²) in [4.78, 5) is 49.3. The van der Waals surface area contributed by atoms with Crippen molar-refractivity contribution in [2.24, 2.45) is 0 Å². The molecule has 0 atom stereocenters. The molecule has 0 aliphatic carbocycles. The number of carbonyl (C=O) groups excluding carboxylic acids is 4. The molecule has 10 heteroatoms. The number of amides is 3. The highest BCUT2D eigenvalue weighted by Gasteiger charge is 2.32. The van der Waals surface area contributed by atoms with E-state index in [9.17, 15) is 19.2 Å². The van der Waals surface area contributed by atoms with Crippen LogP contribution in [0.25, 0.3) is 0 Å². The molecule has 1 N–H and O–H groups in total. The number of benzene rings is 2. The standard InChI is InChI=1S/C22H22N2O8/c1-24-21(27)14-6-5-13(10-15(14)22(24)28)23-18(25)11-32-19(26)9-12-7-16(29-2)20(31-4)17(8-12)30-3/h5-8,10H,9,11H2,1-4H3,(H,23,25). The number of anilines is 1. The van der Waals surface area contributed by atoms with Gasteiger partial charge >= 0.3 is 5.97 Å². The average Bonchev–Trinajstić information content (AvgIpc) is 3.00. The quantitative estimate of drug-likeness (QED) is 0.484. The first-order valence-electron chi connectivity index (χ1n) is 9.49. The Morgan fingerprint density at radius 1 is 0.906 bits per heavy atom. The topological polar surface area (TPSA) is 120 Å². The molecular weight excluding hydrogens is 420 g/mol. The van der Waals surface area contributed by atoms with Gasteiger partial charge < -0.3 is 24.3 Å². The molecule has 0 radical (unpaired) electrons. The molecule has 3 rings (SSSR count). The van der Waals surface area contributed by atoms with Crippen molar-refractivity contribution >= 4 is 29.4 Å². The third-order valence-electron chi connectivity index (χ3n) is 4.81. The van der Waals surface area contributed by atoms with E-state index in [0.717, 1.165) is 4.90 Å². The highest BCUT2D eigenvalue weighted by Crippen LogP contribution is 2.38. The van der Waals surface area contributed by atoms with E-state index in [0.29, 0.717) is 28.5 Å². The number of esters is 1. The number of imide groups is 1. The van der Waals surface area contributed by atoms with Gasteiger partial charge in [0, 0.05) is 12.7 Å². The summed E-state index contributed by atoms with van der Waals surface area (Å²) >= 11 is 0. The number of rotatable bonds is 8. The Morgan fingerprint density at radius 3 is 2.12 bits per heavy atom. The molecule has 0 saturated carbocycles. The zero-order valence-electron chi connectivity index (χ0n) is 18.0. The first kappa shape index (κ1) is 22.6. The number of hydrogen-bond donors (Lipinski definition) is 1. The van der Waals surface area contributed by atoms with Crippen LogP contribution in [0.2, 0.25) is 0 Å². The van der Waals surface area contributed by atoms with Gasteiger partial charge in [-0.15, -0.1) is 0 Å². The Labute approximate surface area is 184 Å². The van der Waals surface area contributed by atoms with E-state index in [2.05, 4.69) is 5.32 Å². The van der Waals surface area contributed by atoms with Crippen molar-refractivity contribution in [1.82, 2.24) is 4.90 Å². The molecule has 0 fully saturated rings. The van der Waals surface area contributed by atoms with E-state index in [4.69, 9.17) is 18.9 Å². The second kappa shape index (κ2) is 9.38. The number of methoxy groups -OCH3 is 3. The number of fused-ring (bicyclic) bond motifs is 1. The van der Waals surface area contributed by atoms with Crippen LogP contribution in [0.4, 0.5) is 5.69 Å². The smallest absolute Gasteiger partial charge is 0.310 e. The minimum atomic E-state index is -0.634. The lowest BCUT2D eigenvalue weighted by Gasteiger charge is -2.14. The Hall–Kier alpha value is -4.08. The van der Waals surface area contributed by atoms with Crippen LogP contribution in [0.3, 0.4) is 0 Å². The Kier molecular flexibility index (Phi) is 6.62. The summed E-state index contributed by atoms with van der Waals surface area (Å²) in [5, 5.41) is 2.54. The molecule has 1 heterocycles. The second-order valence-electron chi connectivity index (χ2n) is 6.85. The minimum Gasteiger partial charge on any atom is -0.493 e. The van der Waals surface area contributed by atoms with Crippen molar-refractivity contribution in [2.75, 3.05) is 40.3 Å². The van der Waals surface area contributed by atoms with E-state index < -0.39 is 30.3 Å². The molecule has 0 aromatic heterocycles. The SMILES string of the molecule is COc1cc(CC(=O)OCC(=O)Nc2ccc3c(c2)C(=O)N(C)C3=O)cc(OC)c1OC. The van der Waals surface area contributed by atoms with Gasteiger partial charge in [-0.2, -0.15) is 0 Å². The summed E-state index contributed by atoms with van der Waals surface area (Å²) < 4.78 is 20.8. The molecule has 3 amide bonds. The maximum atomic E-state index is 12.2. The van der Waals surface area contributed by atoms with Crippen LogP contribution in [0.15, 0.2) is 30.3 Å². The number of carbonyl (C=O) groups is 4. The second-order valence-corrected chi connectivity index (χ2v) is 6.85. The molecule has 0 bridgehead atoms. The highest BCUT2D eigenvalue weighted by atomic mass is 16.5. The molecule has 1 aliphatic heterocycles. The average molecular weight is 442 g/mol. The zero-order valence-corrected chi connectivity index (χ0v) is 18.0. The van der Waals surface area contributed by atoms with Crippen molar-refractivity contribution in [3.05, 3.63) is 47.0 Å². The maximum Gasteiger partial charge on any atom is 0.310 e. The van der Waals surface area contributed by atoms with Crippen LogP contribution in [0.1, 0.15) is 26.3 Å². The van der Waals surface area contributed by atoms with Gasteiger partial charge in [-0.3, -0.25) is 24.1 Å². The first-order chi connectivity index (χ1) is 15.3. The molecule has 2 aromatic carbocycles. The molecule has 2 aromatic rings. The van der Waals surface area contributed by atoms with Crippen molar-refractivity contribution in [1.29, 1.82) is 0 Å². The van der Waals surface area contributed by atoms with Crippen molar-refractivity contribution < 1.29 is 38.1 Å². The van der Waals surface area contributed by atoms with Gasteiger partial charge in [0.2, 0.25) is 5.75 Å². The van der Waals surface area contributed by atoms with E-state index in [1.54, 1.807) is 12.1 Å². The summed E-state index contributed by atoms with van der Waals surface area (Å²) in [6.45, 7) is -0.521. The number of nitrogens with zero attached hydrogens (tertiary/aromatic N) is 1. The van der Waals surface area contributed by atoms with Crippen molar-refractivity contribution in [3.63, 3.8) is 0 Å². The summed E-state index contributed by atoms with van der Waals surface area (Å²) in [6, 6.07) is 7.60. The molecule has 0 saturated heterocycles. The van der Waals surface area contributed by atoms with Crippen molar-refractivity contribution in [2.45, 2.75) is 6.42 Å². The van der Waals surface area contributed by atoms with Gasteiger partial charge in [-0.1, -0.05) is 0 Å². The highest BCUT2D eigenvalue weighted by molar-refractivity contribution is 6.21. The molecule has 1 aliphatic rings. The molecule has 168 valence electrons. The number of ether oxygens (including phenoxy) is 4. The molecule has 0 spiro atoms. The minimum absolute atomic E-state index is 0.119. The summed E-state index contributed by atoms with van der Waals surface area (Å²) in [5.41, 5.74) is 1.34. The largest absolute Gasteiger partial charge is 0.493 e. The fourth-order valence-corrected chi connectivity index (χ4v) is 3.24. The summed E-state index contributed by atoms with van der Waals surface area (Å²) in [7, 11) is 5.78. The lowest BCUT2D eigenvalue weighted by Crippen LogP contribution is -2.24. The fourth-order valence-electron chi connectivity index (χ4n) is 3.24. The molecule has 32 heavy (non-hydrogen) atoms. The third-order valence-corrected chi connectivity index (χ3v) is 4.81. The van der Waals surface area contributed by atoms with Gasteiger partial charge in [0.25, 0.3) is 17.7 Å². The maximum absolute atomic E-state index is 12.2. The van der Waals surface area contributed by atoms with Gasteiger partial charge in [0.1, 0.15) is 0 Å². The lowest BCUT2D eigenvalue weighted by molar-refractivity contribution is -0.146. The summed E-state index contributed by atoms with van der Waals surface area (Å²) in [5.74, 6) is -0.891. The monoisotopic (exact) mass is 442 g/mol. The molecule has 10 nitrogen and oxygen atoms in total. The van der Waals surface area contributed by atoms with E-state index >= 15 is 0 Å². The van der Waals surface area contributed by atoms with Crippen LogP contribution >= 0.6 is 0 Å². The van der Waals surface area contributed by atoms with Crippen molar-refractivity contribution in [3.8, 4) is 17.2 Å². The van der Waals surface area contributed by atoms with E-state index in [-0.39, 0.29) is 17.5 Å². The predicted octanol–water partition coefficient (Wildman–Crippen LogP) is 1.66. The normalized spacial score (nSPS) is 12.3. The molecule has 0 unspecified atom stereocenters. The zero-order chi connectivity index (χ0) is 23.4. The van der Waals surface area contributed by atoms with E-state index in [1.165, 1.54) is 46.6 Å². The van der Waals surface area contributed by atoms with Crippen LogP contribution in [-0.2, 0) is 20.7 Å². The Morgan fingerprint density at radius 2 is 1.53 bits per heavy atom. The van der Waals surface area contributed by atoms with Gasteiger partial charge in [0.05, 0.1) is 38.9 Å². The fraction of sp³-hybridized carbons (Fsp3) is 0.273. The van der Waals surface area contributed by atoms with Crippen LogP contribution in [-0.4, -0.2) is 63.6 Å². The Bertz CT molecular complexity index is 1070. The number of nitrogens with one attached hydrogen (secondary N) is 1. The first-order valence-corrected chi connectivity index (χ1v) is 9.49. The van der Waals surface area contributed by atoms with Gasteiger partial charge in [0.15, 0.2) is 18.1 Å². The van der Waals surface area contributed by atoms with Gasteiger partial charge in [-0.05, 0) is 35.9 Å². The van der Waals surface area contributed by atoms with Crippen LogP contribution in [0.5, 0.6) is 17.2 Å². The molecular formula is C22H22N2O8. The predicted molar refractivity (Wildman–Crippen MR) is 112 cm³/mol. The third kappa shape index (κ3) is 4.48. The van der Waals surface area contributed by atoms with Crippen LogP contribution in [0, 0.1) is 0 Å².